The summed E-state index contributed by atoms with van der Waals surface area (Å²) in [4.78, 5) is 32.5. The highest BCUT2D eigenvalue weighted by atomic mass is 16.6. The molecule has 0 fully saturated rings. The molecule has 0 unspecified atom stereocenters. The molecule has 0 aliphatic heterocycles. The van der Waals surface area contributed by atoms with Crippen LogP contribution in [0.15, 0.2) is 0 Å². The fourth-order valence-corrected chi connectivity index (χ4v) is 1.52. The smallest absolute Gasteiger partial charge is 0.305 e. The number of esters is 1. The van der Waals surface area contributed by atoms with E-state index in [2.05, 4.69) is 5.32 Å². The number of carbonyl (C=O) groups is 3. The second-order valence-electron chi connectivity index (χ2n) is 4.79. The van der Waals surface area contributed by atoms with Gasteiger partial charge in [0.1, 0.15) is 6.61 Å². The van der Waals surface area contributed by atoms with Gasteiger partial charge in [-0.15, -0.1) is 0 Å². The maximum Gasteiger partial charge on any atom is 0.305 e. The van der Waals surface area contributed by atoms with Crippen molar-refractivity contribution in [3.8, 4) is 0 Å². The van der Waals surface area contributed by atoms with Gasteiger partial charge in [-0.2, -0.15) is 0 Å². The molecule has 1 amide bonds. The lowest BCUT2D eigenvalue weighted by molar-refractivity contribution is -0.145. The number of rotatable bonds is 15. The van der Waals surface area contributed by atoms with Crippen LogP contribution in [0.3, 0.4) is 0 Å². The van der Waals surface area contributed by atoms with Crippen molar-refractivity contribution in [2.45, 2.75) is 39.0 Å². The normalized spacial score (nSPS) is 10.3. The highest BCUT2D eigenvalue weighted by Gasteiger charge is 2.04. The van der Waals surface area contributed by atoms with E-state index in [1.165, 1.54) is 0 Å². The monoisotopic (exact) mass is 333 g/mol. The highest BCUT2D eigenvalue weighted by molar-refractivity contribution is 5.80. The summed E-state index contributed by atoms with van der Waals surface area (Å²) in [5, 5.41) is 11.0. The standard InChI is InChI=1S/C15H27NO7/c1-2-4-15(20)23-12-11-22-10-9-21-8-3-7-16-13(17)5-6-14(18)19/h2-12H2,1H3,(H,16,17)(H,18,19). The van der Waals surface area contributed by atoms with Crippen LogP contribution < -0.4 is 5.32 Å². The first-order chi connectivity index (χ1) is 11.1. The van der Waals surface area contributed by atoms with Gasteiger partial charge in [0.05, 0.1) is 26.2 Å². The van der Waals surface area contributed by atoms with Gasteiger partial charge in [-0.25, -0.2) is 0 Å². The Morgan fingerprint density at radius 2 is 1.57 bits per heavy atom. The van der Waals surface area contributed by atoms with E-state index >= 15 is 0 Å². The summed E-state index contributed by atoms with van der Waals surface area (Å²) in [7, 11) is 0. The molecule has 0 saturated carbocycles. The van der Waals surface area contributed by atoms with Gasteiger partial charge in [-0.1, -0.05) is 6.92 Å². The number of hydrogen-bond donors (Lipinski definition) is 2. The fourth-order valence-electron chi connectivity index (χ4n) is 1.52. The molecule has 23 heavy (non-hydrogen) atoms. The first kappa shape index (κ1) is 21.3. The molecule has 0 aliphatic carbocycles. The summed E-state index contributed by atoms with van der Waals surface area (Å²) in [5.74, 6) is -1.46. The molecular formula is C15H27NO7. The molecule has 8 heteroatoms. The maximum absolute atomic E-state index is 11.2. The Balaban J connectivity index is 3.20. The van der Waals surface area contributed by atoms with E-state index in [4.69, 9.17) is 19.3 Å². The van der Waals surface area contributed by atoms with Crippen LogP contribution in [0.4, 0.5) is 0 Å². The first-order valence-electron chi connectivity index (χ1n) is 7.85. The molecule has 0 aliphatic rings. The predicted molar refractivity (Wildman–Crippen MR) is 82.0 cm³/mol. The van der Waals surface area contributed by atoms with Gasteiger partial charge in [-0.05, 0) is 12.8 Å². The van der Waals surface area contributed by atoms with E-state index in [0.29, 0.717) is 45.8 Å². The molecule has 0 aromatic rings. The van der Waals surface area contributed by atoms with Crippen molar-refractivity contribution in [2.75, 3.05) is 39.6 Å². The number of aliphatic carboxylic acids is 1. The lowest BCUT2D eigenvalue weighted by atomic mass is 10.3. The van der Waals surface area contributed by atoms with Crippen molar-refractivity contribution in [1.82, 2.24) is 5.32 Å². The quantitative estimate of drug-likeness (QED) is 0.336. The molecule has 8 nitrogen and oxygen atoms in total. The van der Waals surface area contributed by atoms with Crippen molar-refractivity contribution < 1.29 is 33.7 Å². The predicted octanol–water partition coefficient (Wildman–Crippen LogP) is 0.734. The molecule has 0 aromatic heterocycles. The molecule has 0 saturated heterocycles. The second-order valence-corrected chi connectivity index (χ2v) is 4.79. The van der Waals surface area contributed by atoms with Gasteiger partial charge in [0.15, 0.2) is 0 Å². The van der Waals surface area contributed by atoms with Crippen molar-refractivity contribution in [3.63, 3.8) is 0 Å². The zero-order valence-corrected chi connectivity index (χ0v) is 13.7. The molecule has 2 N–H and O–H groups in total. The highest BCUT2D eigenvalue weighted by Crippen LogP contribution is 1.91. The third-order valence-corrected chi connectivity index (χ3v) is 2.67. The Bertz CT molecular complexity index is 347. The van der Waals surface area contributed by atoms with Gasteiger partial charge < -0.3 is 24.6 Å². The number of nitrogens with one attached hydrogen (secondary N) is 1. The molecular weight excluding hydrogens is 306 g/mol. The van der Waals surface area contributed by atoms with Gasteiger partial charge in [0.2, 0.25) is 5.91 Å². The molecule has 0 rings (SSSR count). The van der Waals surface area contributed by atoms with Gasteiger partial charge in [0, 0.05) is 26.0 Å². The van der Waals surface area contributed by atoms with E-state index in [-0.39, 0.29) is 31.3 Å². The molecule has 0 aromatic carbocycles. The molecule has 0 spiro atoms. The van der Waals surface area contributed by atoms with Crippen LogP contribution in [0.5, 0.6) is 0 Å². The zero-order chi connectivity index (χ0) is 17.3. The zero-order valence-electron chi connectivity index (χ0n) is 13.7. The van der Waals surface area contributed by atoms with Gasteiger partial charge >= 0.3 is 11.9 Å². The minimum absolute atomic E-state index is 0.00708. The Labute approximate surface area is 136 Å². The number of carboxylic acid groups (broad SMARTS) is 1. The fraction of sp³-hybridized carbons (Fsp3) is 0.800. The Kier molecular flexibility index (Phi) is 14.1. The van der Waals surface area contributed by atoms with Crippen molar-refractivity contribution in [1.29, 1.82) is 0 Å². The van der Waals surface area contributed by atoms with E-state index in [9.17, 15) is 14.4 Å². The average Bonchev–Trinajstić information content (AvgIpc) is 2.50. The topological polar surface area (TPSA) is 111 Å². The molecule has 134 valence electrons. The van der Waals surface area contributed by atoms with Crippen LogP contribution in [0.25, 0.3) is 0 Å². The number of carbonyl (C=O) groups excluding carboxylic acids is 2. The van der Waals surface area contributed by atoms with E-state index in [1.807, 2.05) is 6.92 Å². The average molecular weight is 333 g/mol. The summed E-state index contributed by atoms with van der Waals surface area (Å²) in [5.41, 5.74) is 0. The Morgan fingerprint density at radius 1 is 0.913 bits per heavy atom. The third-order valence-electron chi connectivity index (χ3n) is 2.67. The third kappa shape index (κ3) is 16.5. The van der Waals surface area contributed by atoms with Crippen LogP contribution in [0.2, 0.25) is 0 Å². The summed E-state index contributed by atoms with van der Waals surface area (Å²) in [6.45, 7) is 4.28. The second kappa shape index (κ2) is 15.2. The van der Waals surface area contributed by atoms with Crippen molar-refractivity contribution >= 4 is 17.8 Å². The SMILES string of the molecule is CCCC(=O)OCCOCCOCCCNC(=O)CCC(=O)O. The summed E-state index contributed by atoms with van der Waals surface area (Å²) >= 11 is 0. The number of ether oxygens (including phenoxy) is 3. The summed E-state index contributed by atoms with van der Waals surface area (Å²) < 4.78 is 15.5. The van der Waals surface area contributed by atoms with Crippen LogP contribution in [-0.2, 0) is 28.6 Å². The van der Waals surface area contributed by atoms with Crippen LogP contribution >= 0.6 is 0 Å². The maximum atomic E-state index is 11.2. The number of amides is 1. The number of carboxylic acids is 1. The lowest BCUT2D eigenvalue weighted by Gasteiger charge is -2.07. The Hall–Kier alpha value is -1.67. The lowest BCUT2D eigenvalue weighted by Crippen LogP contribution is -2.25. The summed E-state index contributed by atoms with van der Waals surface area (Å²) in [6.07, 6.45) is 1.68. The first-order valence-corrected chi connectivity index (χ1v) is 7.85. The van der Waals surface area contributed by atoms with E-state index in [0.717, 1.165) is 6.42 Å². The van der Waals surface area contributed by atoms with Crippen molar-refractivity contribution in [3.05, 3.63) is 0 Å². The van der Waals surface area contributed by atoms with Crippen LogP contribution in [0.1, 0.15) is 39.0 Å². The minimum atomic E-state index is -0.983. The minimum Gasteiger partial charge on any atom is -0.481 e. The number of hydrogen-bond acceptors (Lipinski definition) is 6. The van der Waals surface area contributed by atoms with Crippen molar-refractivity contribution in [2.24, 2.45) is 0 Å². The van der Waals surface area contributed by atoms with Crippen LogP contribution in [-0.4, -0.2) is 62.5 Å². The van der Waals surface area contributed by atoms with Crippen LogP contribution in [0, 0.1) is 0 Å². The van der Waals surface area contributed by atoms with E-state index in [1.54, 1.807) is 0 Å². The molecule has 0 radical (unpaired) electrons. The molecule has 0 bridgehead atoms. The molecule has 0 atom stereocenters. The summed E-state index contributed by atoms with van der Waals surface area (Å²) in [6, 6.07) is 0. The van der Waals surface area contributed by atoms with Gasteiger partial charge in [-0.3, -0.25) is 14.4 Å². The molecule has 0 heterocycles. The largest absolute Gasteiger partial charge is 0.481 e. The van der Waals surface area contributed by atoms with Gasteiger partial charge in [0.25, 0.3) is 0 Å². The van der Waals surface area contributed by atoms with E-state index < -0.39 is 5.97 Å². The Morgan fingerprint density at radius 3 is 2.22 bits per heavy atom.